The van der Waals surface area contributed by atoms with Gasteiger partial charge in [0.2, 0.25) is 6.79 Å². The first-order valence-electron chi connectivity index (χ1n) is 8.93. The quantitative estimate of drug-likeness (QED) is 0.593. The van der Waals surface area contributed by atoms with Gasteiger partial charge in [-0.2, -0.15) is 0 Å². The van der Waals surface area contributed by atoms with Gasteiger partial charge in [-0.25, -0.2) is 0 Å². The number of carbonyl (C=O) groups excluding carboxylic acids is 3. The predicted molar refractivity (Wildman–Crippen MR) is 93.4 cm³/mol. The Morgan fingerprint density at radius 1 is 1.15 bits per heavy atom. The number of rotatable bonds is 7. The normalized spacial score (nSPS) is 15.7. The smallest absolute Gasteiger partial charge is 0.306 e. The van der Waals surface area contributed by atoms with Gasteiger partial charge >= 0.3 is 5.97 Å². The second-order valence-electron chi connectivity index (χ2n) is 6.71. The van der Waals surface area contributed by atoms with Gasteiger partial charge in [-0.05, 0) is 25.3 Å². The van der Waals surface area contributed by atoms with Crippen molar-refractivity contribution in [2.75, 3.05) is 18.7 Å². The van der Waals surface area contributed by atoms with Crippen LogP contribution in [0.3, 0.4) is 0 Å². The molecule has 0 atom stereocenters. The number of amides is 1. The summed E-state index contributed by atoms with van der Waals surface area (Å²) in [6.07, 6.45) is 5.96. The maximum Gasteiger partial charge on any atom is 0.306 e. The fourth-order valence-electron chi connectivity index (χ4n) is 3.36. The lowest BCUT2D eigenvalue weighted by Crippen LogP contribution is -2.22. The molecule has 7 nitrogen and oxygen atoms in total. The molecule has 1 aromatic carbocycles. The van der Waals surface area contributed by atoms with E-state index in [2.05, 4.69) is 5.32 Å². The van der Waals surface area contributed by atoms with Crippen LogP contribution in [0.5, 0.6) is 11.5 Å². The summed E-state index contributed by atoms with van der Waals surface area (Å²) in [5.74, 6) is 0.436. The summed E-state index contributed by atoms with van der Waals surface area (Å²) in [4.78, 5) is 35.7. The number of nitrogens with one attached hydrogen (secondary N) is 1. The minimum atomic E-state index is -0.499. The Bertz CT molecular complexity index is 708. The van der Waals surface area contributed by atoms with Crippen molar-refractivity contribution in [1.29, 1.82) is 0 Å². The SMILES string of the molecule is CC(=O)c1cc2c(cc1NC(=O)COC(=O)CCC1CCCC1)OCO2. The molecule has 1 heterocycles. The summed E-state index contributed by atoms with van der Waals surface area (Å²) in [6, 6.07) is 3.08. The maximum atomic E-state index is 12.1. The predicted octanol–water partition coefficient (Wildman–Crippen LogP) is 3.07. The highest BCUT2D eigenvalue weighted by molar-refractivity contribution is 6.05. The van der Waals surface area contributed by atoms with E-state index in [1.165, 1.54) is 38.7 Å². The zero-order valence-corrected chi connectivity index (χ0v) is 14.8. The molecule has 26 heavy (non-hydrogen) atoms. The fourth-order valence-corrected chi connectivity index (χ4v) is 3.36. The lowest BCUT2D eigenvalue weighted by molar-refractivity contribution is -0.147. The summed E-state index contributed by atoms with van der Waals surface area (Å²) in [5.41, 5.74) is 0.629. The Hall–Kier alpha value is -2.57. The van der Waals surface area contributed by atoms with E-state index in [4.69, 9.17) is 14.2 Å². The molecular weight excluding hydrogens is 338 g/mol. The number of Topliss-reactive ketones (excluding diaryl/α,β-unsaturated/α-hetero) is 1. The van der Waals surface area contributed by atoms with E-state index >= 15 is 0 Å². The first-order valence-corrected chi connectivity index (χ1v) is 8.93. The van der Waals surface area contributed by atoms with Gasteiger partial charge in [0.05, 0.1) is 5.69 Å². The second kappa shape index (κ2) is 8.21. The lowest BCUT2D eigenvalue weighted by atomic mass is 10.0. The number of esters is 1. The van der Waals surface area contributed by atoms with Crippen LogP contribution < -0.4 is 14.8 Å². The molecule has 0 unspecified atom stereocenters. The van der Waals surface area contributed by atoms with E-state index < -0.39 is 5.91 Å². The minimum Gasteiger partial charge on any atom is -0.456 e. The van der Waals surface area contributed by atoms with E-state index in [-0.39, 0.29) is 25.2 Å². The molecule has 1 aromatic rings. The fraction of sp³-hybridized carbons (Fsp3) is 0.526. The van der Waals surface area contributed by atoms with Crippen LogP contribution in [0.2, 0.25) is 0 Å². The van der Waals surface area contributed by atoms with Crippen molar-refractivity contribution in [3.05, 3.63) is 17.7 Å². The molecule has 0 aromatic heterocycles. The first kappa shape index (κ1) is 18.2. The number of hydrogen-bond acceptors (Lipinski definition) is 6. The van der Waals surface area contributed by atoms with E-state index in [0.717, 1.165) is 6.42 Å². The van der Waals surface area contributed by atoms with Crippen molar-refractivity contribution in [3.63, 3.8) is 0 Å². The number of anilines is 1. The number of carbonyl (C=O) groups is 3. The molecule has 1 aliphatic heterocycles. The van der Waals surface area contributed by atoms with Gasteiger partial charge < -0.3 is 19.5 Å². The molecule has 3 rings (SSSR count). The molecule has 2 aliphatic rings. The van der Waals surface area contributed by atoms with Gasteiger partial charge in [0.1, 0.15) is 0 Å². The van der Waals surface area contributed by atoms with Crippen LogP contribution in [0.4, 0.5) is 5.69 Å². The third-order valence-electron chi connectivity index (χ3n) is 4.76. The zero-order chi connectivity index (χ0) is 18.5. The Morgan fingerprint density at radius 2 is 1.85 bits per heavy atom. The van der Waals surface area contributed by atoms with Crippen LogP contribution in [0, 0.1) is 5.92 Å². The van der Waals surface area contributed by atoms with E-state index in [9.17, 15) is 14.4 Å². The summed E-state index contributed by atoms with van der Waals surface area (Å²) < 4.78 is 15.5. The van der Waals surface area contributed by atoms with E-state index in [0.29, 0.717) is 35.1 Å². The third-order valence-corrected chi connectivity index (χ3v) is 4.76. The molecule has 0 radical (unpaired) electrons. The standard InChI is InChI=1S/C19H23NO6/c1-12(21)14-8-16-17(26-11-25-16)9-15(14)20-18(22)10-24-19(23)7-6-13-4-2-3-5-13/h8-9,13H,2-7,10-11H2,1H3,(H,20,22). The number of fused-ring (bicyclic) bond motifs is 1. The largest absolute Gasteiger partial charge is 0.456 e. The van der Waals surface area contributed by atoms with Crippen molar-refractivity contribution in [1.82, 2.24) is 0 Å². The Labute approximate surface area is 152 Å². The van der Waals surface area contributed by atoms with Crippen LogP contribution in [0.25, 0.3) is 0 Å². The maximum absolute atomic E-state index is 12.1. The summed E-state index contributed by atoms with van der Waals surface area (Å²) >= 11 is 0. The molecule has 0 spiro atoms. The monoisotopic (exact) mass is 361 g/mol. The summed E-state index contributed by atoms with van der Waals surface area (Å²) in [5, 5.41) is 2.60. The van der Waals surface area contributed by atoms with Crippen LogP contribution in [-0.2, 0) is 14.3 Å². The molecule has 0 bridgehead atoms. The lowest BCUT2D eigenvalue weighted by Gasteiger charge is -2.11. The summed E-state index contributed by atoms with van der Waals surface area (Å²) in [7, 11) is 0. The molecular formula is C19H23NO6. The van der Waals surface area contributed by atoms with Crippen molar-refractivity contribution in [2.45, 2.75) is 45.4 Å². The molecule has 1 fully saturated rings. The van der Waals surface area contributed by atoms with Crippen LogP contribution in [0.1, 0.15) is 55.8 Å². The second-order valence-corrected chi connectivity index (χ2v) is 6.71. The highest BCUT2D eigenvalue weighted by atomic mass is 16.7. The number of hydrogen-bond donors (Lipinski definition) is 1. The highest BCUT2D eigenvalue weighted by Gasteiger charge is 2.21. The van der Waals surface area contributed by atoms with E-state index in [1.54, 1.807) is 6.07 Å². The molecule has 7 heteroatoms. The minimum absolute atomic E-state index is 0.0721. The Morgan fingerprint density at radius 3 is 2.54 bits per heavy atom. The van der Waals surface area contributed by atoms with Crippen molar-refractivity contribution in [3.8, 4) is 11.5 Å². The van der Waals surface area contributed by atoms with Crippen molar-refractivity contribution < 1.29 is 28.6 Å². The van der Waals surface area contributed by atoms with Gasteiger partial charge in [-0.3, -0.25) is 14.4 Å². The average Bonchev–Trinajstić information content (AvgIpc) is 3.28. The molecule has 1 N–H and O–H groups in total. The van der Waals surface area contributed by atoms with Gasteiger partial charge in [0.25, 0.3) is 5.91 Å². The Kier molecular flexibility index (Phi) is 5.75. The van der Waals surface area contributed by atoms with Gasteiger partial charge in [0, 0.05) is 18.1 Å². The molecule has 1 saturated carbocycles. The number of ether oxygens (including phenoxy) is 3. The molecule has 0 saturated heterocycles. The number of ketones is 1. The van der Waals surface area contributed by atoms with Crippen LogP contribution >= 0.6 is 0 Å². The summed E-state index contributed by atoms with van der Waals surface area (Å²) in [6.45, 7) is 1.09. The Balaban J connectivity index is 1.51. The molecule has 1 aliphatic carbocycles. The zero-order valence-electron chi connectivity index (χ0n) is 14.8. The van der Waals surface area contributed by atoms with Gasteiger partial charge in [0.15, 0.2) is 23.9 Å². The number of benzene rings is 1. The first-order chi connectivity index (χ1) is 12.5. The molecule has 140 valence electrons. The third kappa shape index (κ3) is 4.53. The average molecular weight is 361 g/mol. The topological polar surface area (TPSA) is 90.9 Å². The van der Waals surface area contributed by atoms with Gasteiger partial charge in [-0.1, -0.05) is 25.7 Å². The highest BCUT2D eigenvalue weighted by Crippen LogP contribution is 2.37. The van der Waals surface area contributed by atoms with Crippen LogP contribution in [0.15, 0.2) is 12.1 Å². The van der Waals surface area contributed by atoms with Crippen molar-refractivity contribution >= 4 is 23.3 Å². The van der Waals surface area contributed by atoms with Crippen LogP contribution in [-0.4, -0.2) is 31.1 Å². The van der Waals surface area contributed by atoms with E-state index in [1.807, 2.05) is 0 Å². The van der Waals surface area contributed by atoms with Crippen molar-refractivity contribution in [2.24, 2.45) is 5.92 Å². The molecule has 1 amide bonds. The van der Waals surface area contributed by atoms with Gasteiger partial charge in [-0.15, -0.1) is 0 Å².